The maximum Gasteiger partial charge on any atom is 0.229 e. The van der Waals surface area contributed by atoms with Crippen molar-refractivity contribution in [1.29, 1.82) is 0 Å². The van der Waals surface area contributed by atoms with Crippen LogP contribution in [0.5, 0.6) is 0 Å². The van der Waals surface area contributed by atoms with Gasteiger partial charge in [-0.3, -0.25) is 9.52 Å². The van der Waals surface area contributed by atoms with Crippen molar-refractivity contribution in [2.45, 2.75) is 16.2 Å². The summed E-state index contributed by atoms with van der Waals surface area (Å²) < 4.78 is 53.0. The van der Waals surface area contributed by atoms with E-state index in [1.54, 1.807) is 0 Å². The van der Waals surface area contributed by atoms with Crippen molar-refractivity contribution in [3.8, 4) is 0 Å². The number of rotatable bonds is 7. The largest absolute Gasteiger partial charge is 0.294 e. The van der Waals surface area contributed by atoms with Crippen LogP contribution in [0.1, 0.15) is 15.9 Å². The van der Waals surface area contributed by atoms with Gasteiger partial charge in [-0.25, -0.2) is 17.2 Å². The Bertz CT molecular complexity index is 1150. The van der Waals surface area contributed by atoms with Gasteiger partial charge < -0.3 is 0 Å². The number of benzene rings is 3. The molecule has 0 atom stereocenters. The van der Waals surface area contributed by atoms with Gasteiger partial charge in [-0.1, -0.05) is 42.1 Å². The summed E-state index contributed by atoms with van der Waals surface area (Å²) in [5.41, 5.74) is 1.41. The number of hydrogen-bond donors (Lipinski definition) is 1. The normalized spacial score (nSPS) is 11.3. The molecular weight excluding hydrogens is 416 g/mol. The van der Waals surface area contributed by atoms with Gasteiger partial charge in [0.1, 0.15) is 11.6 Å². The van der Waals surface area contributed by atoms with Crippen LogP contribution in [0.15, 0.2) is 76.5 Å². The minimum absolute atomic E-state index is 0.107. The molecule has 0 bridgehead atoms. The first-order chi connectivity index (χ1) is 13.7. The quantitative estimate of drug-likeness (QED) is 0.538. The summed E-state index contributed by atoms with van der Waals surface area (Å²) in [4.78, 5) is 13.1. The molecule has 4 nitrogen and oxygen atoms in total. The number of carbonyl (C=O) groups is 1. The number of carbonyl (C=O) groups excluding carboxylic acids is 1. The molecule has 0 spiro atoms. The Labute approximate surface area is 172 Å². The zero-order valence-corrected chi connectivity index (χ0v) is 17.0. The Kier molecular flexibility index (Phi) is 6.34. The van der Waals surface area contributed by atoms with Gasteiger partial charge in [0.25, 0.3) is 0 Å². The molecule has 0 aliphatic heterocycles. The molecule has 0 fully saturated rings. The molecule has 150 valence electrons. The van der Waals surface area contributed by atoms with E-state index in [0.29, 0.717) is 10.5 Å². The fourth-order valence-electron chi connectivity index (χ4n) is 2.62. The second-order valence-corrected chi connectivity index (χ2v) is 9.18. The smallest absolute Gasteiger partial charge is 0.229 e. The summed E-state index contributed by atoms with van der Waals surface area (Å²) >= 11 is 0.907. The van der Waals surface area contributed by atoms with Gasteiger partial charge in [-0.05, 0) is 35.9 Å². The van der Waals surface area contributed by atoms with Crippen molar-refractivity contribution in [3.05, 3.63) is 89.5 Å². The van der Waals surface area contributed by atoms with Crippen molar-refractivity contribution in [2.75, 3.05) is 11.0 Å². The second kappa shape index (κ2) is 8.75. The third-order valence-electron chi connectivity index (χ3n) is 3.92. The maximum atomic E-state index is 14.1. The summed E-state index contributed by atoms with van der Waals surface area (Å²) in [6, 6.07) is 16.8. The Morgan fingerprint density at radius 2 is 1.69 bits per heavy atom. The van der Waals surface area contributed by atoms with Crippen LogP contribution in [-0.4, -0.2) is 20.5 Å². The van der Waals surface area contributed by atoms with Gasteiger partial charge in [-0.15, -0.1) is 0 Å². The molecule has 8 heteroatoms. The van der Waals surface area contributed by atoms with E-state index in [9.17, 15) is 22.0 Å². The van der Waals surface area contributed by atoms with E-state index in [4.69, 9.17) is 0 Å². The van der Waals surface area contributed by atoms with E-state index in [-0.39, 0.29) is 22.8 Å². The average molecular weight is 434 g/mol. The van der Waals surface area contributed by atoms with E-state index in [0.717, 1.165) is 35.7 Å². The first kappa shape index (κ1) is 21.0. The van der Waals surface area contributed by atoms with Crippen LogP contribution in [-0.2, 0) is 16.4 Å². The number of halogens is 2. The lowest BCUT2D eigenvalue weighted by atomic mass is 10.0. The molecule has 0 aromatic heterocycles. The van der Waals surface area contributed by atoms with Gasteiger partial charge in [0.05, 0.1) is 11.9 Å². The summed E-state index contributed by atoms with van der Waals surface area (Å²) in [5, 5.41) is 0. The van der Waals surface area contributed by atoms with Crippen LogP contribution in [0.3, 0.4) is 0 Å². The number of sulfonamides is 1. The molecule has 1 N–H and O–H groups in total. The van der Waals surface area contributed by atoms with Crippen molar-refractivity contribution < 1.29 is 22.0 Å². The fraction of sp³-hybridized carbons (Fsp3) is 0.0952. The highest BCUT2D eigenvalue weighted by Crippen LogP contribution is 2.36. The molecule has 0 saturated heterocycles. The van der Waals surface area contributed by atoms with Gasteiger partial charge in [-0.2, -0.15) is 0 Å². The SMILES string of the molecule is CS(=O)(=O)Nc1ccc(C(=O)Cc2ccccc2)cc1Sc1ccc(F)cc1F. The van der Waals surface area contributed by atoms with E-state index >= 15 is 0 Å². The number of ketones is 1. The van der Waals surface area contributed by atoms with Crippen molar-refractivity contribution >= 4 is 33.3 Å². The minimum atomic E-state index is -3.59. The van der Waals surface area contributed by atoms with Crippen LogP contribution in [0.25, 0.3) is 0 Å². The Hall–Kier alpha value is -2.71. The summed E-state index contributed by atoms with van der Waals surface area (Å²) in [7, 11) is -3.59. The van der Waals surface area contributed by atoms with Gasteiger partial charge in [0.15, 0.2) is 5.78 Å². The Balaban J connectivity index is 1.95. The van der Waals surface area contributed by atoms with E-state index in [1.807, 2.05) is 30.3 Å². The van der Waals surface area contributed by atoms with Crippen LogP contribution >= 0.6 is 11.8 Å². The molecule has 0 heterocycles. The molecule has 0 radical (unpaired) electrons. The van der Waals surface area contributed by atoms with Gasteiger partial charge in [0.2, 0.25) is 10.0 Å². The summed E-state index contributed by atoms with van der Waals surface area (Å²) in [6.07, 6.45) is 1.17. The predicted octanol–water partition coefficient (Wildman–Crippen LogP) is 4.91. The summed E-state index contributed by atoms with van der Waals surface area (Å²) in [6.45, 7) is 0. The highest BCUT2D eigenvalue weighted by Gasteiger charge is 2.15. The molecular formula is C21H17F2NO3S2. The van der Waals surface area contributed by atoms with Crippen LogP contribution in [0, 0.1) is 11.6 Å². The molecule has 0 amide bonds. The highest BCUT2D eigenvalue weighted by molar-refractivity contribution is 7.99. The number of Topliss-reactive ketones (excluding diaryl/α,β-unsaturated/α-hetero) is 1. The Morgan fingerprint density at radius 3 is 2.34 bits per heavy atom. The van der Waals surface area contributed by atoms with Gasteiger partial charge >= 0.3 is 0 Å². The van der Waals surface area contributed by atoms with Crippen LogP contribution < -0.4 is 4.72 Å². The molecule has 3 aromatic carbocycles. The predicted molar refractivity (Wildman–Crippen MR) is 110 cm³/mol. The molecule has 0 aliphatic rings. The van der Waals surface area contributed by atoms with E-state index in [2.05, 4.69) is 4.72 Å². The number of anilines is 1. The fourth-order valence-corrected chi connectivity index (χ4v) is 4.21. The van der Waals surface area contributed by atoms with Crippen LogP contribution in [0.4, 0.5) is 14.5 Å². The number of nitrogens with one attached hydrogen (secondary N) is 1. The molecule has 0 aliphatic carbocycles. The highest BCUT2D eigenvalue weighted by atomic mass is 32.2. The van der Waals surface area contributed by atoms with E-state index < -0.39 is 21.7 Å². The third kappa shape index (κ3) is 5.88. The van der Waals surface area contributed by atoms with Crippen LogP contribution in [0.2, 0.25) is 0 Å². The molecule has 29 heavy (non-hydrogen) atoms. The van der Waals surface area contributed by atoms with Gasteiger partial charge in [0, 0.05) is 27.8 Å². The zero-order valence-electron chi connectivity index (χ0n) is 15.4. The maximum absolute atomic E-state index is 14.1. The first-order valence-electron chi connectivity index (χ1n) is 8.53. The standard InChI is InChI=1S/C21H17F2NO3S2/c1-29(26,27)24-18-9-7-15(19(25)11-14-5-3-2-4-6-14)12-21(18)28-20-10-8-16(22)13-17(20)23/h2-10,12-13,24H,11H2,1H3. The van der Waals surface area contributed by atoms with Crippen molar-refractivity contribution in [3.63, 3.8) is 0 Å². The van der Waals surface area contributed by atoms with E-state index in [1.165, 1.54) is 24.3 Å². The lowest BCUT2D eigenvalue weighted by Gasteiger charge is -2.13. The van der Waals surface area contributed by atoms with Crippen molar-refractivity contribution in [2.24, 2.45) is 0 Å². The Morgan fingerprint density at radius 1 is 0.966 bits per heavy atom. The molecule has 0 saturated carbocycles. The second-order valence-electron chi connectivity index (χ2n) is 6.35. The lowest BCUT2D eigenvalue weighted by molar-refractivity contribution is 0.0993. The van der Waals surface area contributed by atoms with Crippen molar-refractivity contribution in [1.82, 2.24) is 0 Å². The topological polar surface area (TPSA) is 63.2 Å². The summed E-state index contributed by atoms with van der Waals surface area (Å²) in [5.74, 6) is -1.65. The first-order valence-corrected chi connectivity index (χ1v) is 11.2. The monoisotopic (exact) mass is 433 g/mol. The minimum Gasteiger partial charge on any atom is -0.294 e. The molecule has 0 unspecified atom stereocenters. The zero-order chi connectivity index (χ0) is 21.0. The molecule has 3 aromatic rings. The number of hydrogen-bond acceptors (Lipinski definition) is 4. The molecule has 3 rings (SSSR count). The third-order valence-corrected chi connectivity index (χ3v) is 5.62. The average Bonchev–Trinajstić information content (AvgIpc) is 2.65. The lowest BCUT2D eigenvalue weighted by Crippen LogP contribution is -2.11.